The fraction of sp³-hybridized carbons (Fsp3) is 0.273. The molecule has 1 aliphatic heterocycles. The van der Waals surface area contributed by atoms with Gasteiger partial charge < -0.3 is 4.52 Å². The molecule has 1 atom stereocenters. The molecule has 31 heavy (non-hydrogen) atoms. The van der Waals surface area contributed by atoms with E-state index in [1.165, 1.54) is 23.5 Å². The average molecular weight is 438 g/mol. The number of aromatic nitrogens is 4. The fourth-order valence-corrected chi connectivity index (χ4v) is 4.63. The van der Waals surface area contributed by atoms with Crippen LogP contribution in [0.25, 0.3) is 22.8 Å². The van der Waals surface area contributed by atoms with E-state index in [0.29, 0.717) is 23.9 Å². The van der Waals surface area contributed by atoms with Crippen LogP contribution in [-0.4, -0.2) is 37.7 Å². The van der Waals surface area contributed by atoms with Crippen LogP contribution in [0.1, 0.15) is 24.7 Å². The maximum Gasteiger partial charge on any atom is 0.308 e. The third-order valence-electron chi connectivity index (χ3n) is 5.45. The Morgan fingerprint density at radius 1 is 1.19 bits per heavy atom. The molecule has 0 N–H and O–H groups in total. The molecule has 0 radical (unpaired) electrons. The molecule has 7 nitrogen and oxygen atoms in total. The van der Waals surface area contributed by atoms with Gasteiger partial charge in [-0.15, -0.1) is 0 Å². The summed E-state index contributed by atoms with van der Waals surface area (Å²) in [6.07, 6.45) is 3.64. The number of nitrogens with zero attached hydrogens (tertiary/aromatic N) is 5. The molecule has 0 saturated carbocycles. The van der Waals surface area contributed by atoms with Crippen molar-refractivity contribution in [3.8, 4) is 22.8 Å². The average Bonchev–Trinajstić information content (AvgIpc) is 3.43. The zero-order valence-electron chi connectivity index (χ0n) is 16.6. The lowest BCUT2D eigenvalue weighted by molar-refractivity contribution is 0.151. The van der Waals surface area contributed by atoms with Crippen molar-refractivity contribution in [1.82, 2.24) is 24.6 Å². The monoisotopic (exact) mass is 437 g/mol. The van der Waals surface area contributed by atoms with E-state index in [4.69, 9.17) is 4.52 Å². The molecule has 4 heterocycles. The zero-order valence-corrected chi connectivity index (χ0v) is 17.5. The molecule has 1 fully saturated rings. The van der Waals surface area contributed by atoms with E-state index in [1.807, 2.05) is 23.6 Å². The molecule has 5 rings (SSSR count). The predicted octanol–water partition coefficient (Wildman–Crippen LogP) is 4.00. The van der Waals surface area contributed by atoms with Crippen molar-refractivity contribution in [2.24, 2.45) is 0 Å². The summed E-state index contributed by atoms with van der Waals surface area (Å²) in [5.41, 5.74) is 2.33. The lowest BCUT2D eigenvalue weighted by atomic mass is 9.98. The SMILES string of the molecule is O=c1scc(-c2ccccn2)n1CN1CCCC(c2nc(-c3ccc(F)cc3)no2)C1. The van der Waals surface area contributed by atoms with Crippen LogP contribution >= 0.6 is 11.3 Å². The molecule has 0 amide bonds. The van der Waals surface area contributed by atoms with Crippen LogP contribution in [0.5, 0.6) is 0 Å². The highest BCUT2D eigenvalue weighted by molar-refractivity contribution is 7.07. The van der Waals surface area contributed by atoms with Crippen LogP contribution in [0, 0.1) is 5.82 Å². The normalized spacial score (nSPS) is 17.1. The van der Waals surface area contributed by atoms with Crippen LogP contribution in [0.3, 0.4) is 0 Å². The molecule has 0 spiro atoms. The van der Waals surface area contributed by atoms with Crippen LogP contribution in [0.2, 0.25) is 0 Å². The Morgan fingerprint density at radius 3 is 2.87 bits per heavy atom. The predicted molar refractivity (Wildman–Crippen MR) is 115 cm³/mol. The minimum absolute atomic E-state index is 0.000775. The molecule has 3 aromatic heterocycles. The number of pyridine rings is 1. The van der Waals surface area contributed by atoms with Gasteiger partial charge in [-0.1, -0.05) is 22.6 Å². The van der Waals surface area contributed by atoms with Crippen molar-refractivity contribution in [1.29, 1.82) is 0 Å². The highest BCUT2D eigenvalue weighted by Crippen LogP contribution is 2.28. The number of thiazole rings is 1. The summed E-state index contributed by atoms with van der Waals surface area (Å²) in [5, 5.41) is 5.93. The van der Waals surface area contributed by atoms with E-state index in [-0.39, 0.29) is 16.6 Å². The maximum atomic E-state index is 13.2. The molecule has 0 bridgehead atoms. The summed E-state index contributed by atoms with van der Waals surface area (Å²) in [6, 6.07) is 11.7. The molecule has 4 aromatic rings. The van der Waals surface area contributed by atoms with Gasteiger partial charge in [0.15, 0.2) is 0 Å². The topological polar surface area (TPSA) is 77.1 Å². The third kappa shape index (κ3) is 4.19. The summed E-state index contributed by atoms with van der Waals surface area (Å²) < 4.78 is 20.5. The Bertz CT molecular complexity index is 1220. The second-order valence-electron chi connectivity index (χ2n) is 7.55. The van der Waals surface area contributed by atoms with Crippen molar-refractivity contribution in [2.45, 2.75) is 25.4 Å². The van der Waals surface area contributed by atoms with E-state index >= 15 is 0 Å². The number of rotatable bonds is 5. The highest BCUT2D eigenvalue weighted by Gasteiger charge is 2.27. The van der Waals surface area contributed by atoms with Gasteiger partial charge in [0.2, 0.25) is 11.7 Å². The molecule has 1 aliphatic rings. The summed E-state index contributed by atoms with van der Waals surface area (Å²) in [7, 11) is 0. The first-order valence-electron chi connectivity index (χ1n) is 10.1. The summed E-state index contributed by atoms with van der Waals surface area (Å²) in [6.45, 7) is 2.10. The van der Waals surface area contributed by atoms with Crippen LogP contribution in [0.4, 0.5) is 4.39 Å². The molecule has 0 aliphatic carbocycles. The van der Waals surface area contributed by atoms with Gasteiger partial charge in [0, 0.05) is 23.7 Å². The maximum absolute atomic E-state index is 13.2. The van der Waals surface area contributed by atoms with E-state index in [1.54, 1.807) is 22.9 Å². The van der Waals surface area contributed by atoms with Gasteiger partial charge in [0.25, 0.3) is 0 Å². The van der Waals surface area contributed by atoms with Gasteiger partial charge in [0.1, 0.15) is 5.82 Å². The highest BCUT2D eigenvalue weighted by atomic mass is 32.1. The van der Waals surface area contributed by atoms with Gasteiger partial charge in [-0.2, -0.15) is 4.98 Å². The standard InChI is InChI=1S/C22H20FN5O2S/c23-17-8-6-15(7-9-17)20-25-21(30-26-20)16-4-3-11-27(12-16)14-28-19(13-31-22(28)29)18-5-1-2-10-24-18/h1-2,5-10,13,16H,3-4,11-12,14H2. The number of benzene rings is 1. The fourth-order valence-electron chi connectivity index (χ4n) is 3.88. The van der Waals surface area contributed by atoms with Crippen LogP contribution in [0.15, 0.2) is 63.4 Å². The van der Waals surface area contributed by atoms with Crippen molar-refractivity contribution >= 4 is 11.3 Å². The van der Waals surface area contributed by atoms with E-state index in [0.717, 1.165) is 37.3 Å². The Labute approximate surface area is 181 Å². The van der Waals surface area contributed by atoms with Gasteiger partial charge >= 0.3 is 4.87 Å². The first kappa shape index (κ1) is 19.8. The lowest BCUT2D eigenvalue weighted by Gasteiger charge is -2.31. The molecule has 1 aromatic carbocycles. The van der Waals surface area contributed by atoms with Gasteiger partial charge in [-0.05, 0) is 55.8 Å². The van der Waals surface area contributed by atoms with E-state index in [2.05, 4.69) is 20.0 Å². The minimum atomic E-state index is -0.302. The molecule has 1 saturated heterocycles. The van der Waals surface area contributed by atoms with Crippen molar-refractivity contribution in [3.05, 3.63) is 75.4 Å². The smallest absolute Gasteiger partial charge is 0.308 e. The van der Waals surface area contributed by atoms with Crippen LogP contribution < -0.4 is 4.87 Å². The first-order valence-corrected chi connectivity index (χ1v) is 11.0. The number of halogens is 1. The quantitative estimate of drug-likeness (QED) is 0.470. The minimum Gasteiger partial charge on any atom is -0.339 e. The van der Waals surface area contributed by atoms with Gasteiger partial charge in [-0.3, -0.25) is 19.2 Å². The van der Waals surface area contributed by atoms with Crippen molar-refractivity contribution in [2.75, 3.05) is 13.1 Å². The second kappa shape index (κ2) is 8.52. The summed E-state index contributed by atoms with van der Waals surface area (Å²) in [5.74, 6) is 0.817. The van der Waals surface area contributed by atoms with E-state index < -0.39 is 0 Å². The van der Waals surface area contributed by atoms with Gasteiger partial charge in [-0.25, -0.2) is 4.39 Å². The Hall–Kier alpha value is -3.17. The van der Waals surface area contributed by atoms with Crippen molar-refractivity contribution in [3.63, 3.8) is 0 Å². The largest absolute Gasteiger partial charge is 0.339 e. The molecule has 9 heteroatoms. The number of piperidine rings is 1. The summed E-state index contributed by atoms with van der Waals surface area (Å²) in [4.78, 5) is 23.6. The second-order valence-corrected chi connectivity index (χ2v) is 8.37. The Balaban J connectivity index is 1.33. The lowest BCUT2D eigenvalue weighted by Crippen LogP contribution is -2.38. The van der Waals surface area contributed by atoms with E-state index in [9.17, 15) is 9.18 Å². The molecular formula is C22H20FN5O2S. The first-order chi connectivity index (χ1) is 15.2. The Morgan fingerprint density at radius 2 is 2.06 bits per heavy atom. The van der Waals surface area contributed by atoms with Crippen molar-refractivity contribution < 1.29 is 8.91 Å². The molecular weight excluding hydrogens is 417 g/mol. The molecule has 158 valence electrons. The number of hydrogen-bond acceptors (Lipinski definition) is 7. The third-order valence-corrected chi connectivity index (χ3v) is 6.21. The molecule has 1 unspecified atom stereocenters. The van der Waals surface area contributed by atoms with Crippen LogP contribution in [-0.2, 0) is 6.67 Å². The Kier molecular flexibility index (Phi) is 5.44. The zero-order chi connectivity index (χ0) is 21.2. The summed E-state index contributed by atoms with van der Waals surface area (Å²) >= 11 is 1.19. The number of hydrogen-bond donors (Lipinski definition) is 0. The number of likely N-dealkylation sites (tertiary alicyclic amines) is 1. The van der Waals surface area contributed by atoms with Gasteiger partial charge in [0.05, 0.1) is 24.0 Å².